The van der Waals surface area contributed by atoms with Gasteiger partial charge in [-0.05, 0) is 37.6 Å². The van der Waals surface area contributed by atoms with E-state index in [4.69, 9.17) is 4.74 Å². The van der Waals surface area contributed by atoms with Gasteiger partial charge in [-0.15, -0.1) is 0 Å². The minimum Gasteiger partial charge on any atom is -0.458 e. The Morgan fingerprint density at radius 3 is 2.38 bits per heavy atom. The normalized spacial score (nSPS) is 13.4. The van der Waals surface area contributed by atoms with E-state index in [0.29, 0.717) is 0 Å². The Hall–Kier alpha value is -1.76. The predicted molar refractivity (Wildman–Crippen MR) is 71.9 cm³/mol. The minimum absolute atomic E-state index is 0.777. The van der Waals surface area contributed by atoms with E-state index in [1.54, 1.807) is 12.2 Å². The zero-order valence-corrected chi connectivity index (χ0v) is 10.1. The number of hydrogen-bond acceptors (Lipinski definition) is 1. The molecule has 1 nitrogen and oxygen atoms in total. The highest BCUT2D eigenvalue weighted by atomic mass is 16.5. The Morgan fingerprint density at radius 1 is 1.12 bits per heavy atom. The van der Waals surface area contributed by atoms with Gasteiger partial charge < -0.3 is 4.74 Å². The maximum absolute atomic E-state index is 5.67. The number of hydrogen-bond donors (Lipinski definition) is 0. The molecule has 16 heavy (non-hydrogen) atoms. The van der Waals surface area contributed by atoms with Crippen LogP contribution < -0.4 is 0 Å². The summed E-state index contributed by atoms with van der Waals surface area (Å²) in [7, 11) is 0. The number of allylic oxidation sites excluding steroid dienone is 8. The molecule has 1 heteroatoms. The largest absolute Gasteiger partial charge is 0.458 e. The fourth-order valence-electron chi connectivity index (χ4n) is 0.962. The Labute approximate surface area is 98.8 Å². The maximum Gasteiger partial charge on any atom is 0.127 e. The lowest BCUT2D eigenvalue weighted by Gasteiger charge is -2.06. The van der Waals surface area contributed by atoms with Gasteiger partial charge in [-0.2, -0.15) is 0 Å². The van der Waals surface area contributed by atoms with Gasteiger partial charge in [-0.25, -0.2) is 0 Å². The summed E-state index contributed by atoms with van der Waals surface area (Å²) in [6.45, 7) is 11.3. The summed E-state index contributed by atoms with van der Waals surface area (Å²) >= 11 is 0. The molecule has 0 aliphatic rings. The lowest BCUT2D eigenvalue weighted by atomic mass is 10.3. The molecule has 0 aromatic heterocycles. The molecule has 0 bridgehead atoms. The van der Waals surface area contributed by atoms with Crippen LogP contribution in [0.15, 0.2) is 73.3 Å². The predicted octanol–water partition coefficient (Wildman–Crippen LogP) is 4.69. The van der Waals surface area contributed by atoms with Gasteiger partial charge in [0, 0.05) is 0 Å². The zero-order chi connectivity index (χ0) is 12.2. The third-order valence-corrected chi connectivity index (χ3v) is 1.72. The summed E-state index contributed by atoms with van der Waals surface area (Å²) < 4.78 is 5.67. The molecule has 86 valence electrons. The summed E-state index contributed by atoms with van der Waals surface area (Å²) in [4.78, 5) is 0. The lowest BCUT2D eigenvalue weighted by molar-refractivity contribution is 0.335. The topological polar surface area (TPSA) is 9.23 Å². The summed E-state index contributed by atoms with van der Waals surface area (Å²) in [5, 5.41) is 0. The Kier molecular flexibility index (Phi) is 8.71. The minimum atomic E-state index is 0.777. The quantitative estimate of drug-likeness (QED) is 0.443. The molecule has 0 N–H and O–H groups in total. The standard InChI is InChI=1S/C15H20O/c1-5-9-12-14(8-4)16-15(11-7-3)13-10-6-2/h5,7-13H,1,3,6H2,2,4H3/b12-9-,13-10-,14-8+,15-11+. The summed E-state index contributed by atoms with van der Waals surface area (Å²) in [5.74, 6) is 1.56. The first-order valence-corrected chi connectivity index (χ1v) is 5.41. The van der Waals surface area contributed by atoms with E-state index in [2.05, 4.69) is 20.1 Å². The van der Waals surface area contributed by atoms with Crippen LogP contribution in [0.3, 0.4) is 0 Å². The van der Waals surface area contributed by atoms with Crippen molar-refractivity contribution in [3.05, 3.63) is 73.3 Å². The van der Waals surface area contributed by atoms with Crippen LogP contribution in [-0.2, 0) is 4.74 Å². The van der Waals surface area contributed by atoms with Crippen LogP contribution in [0.5, 0.6) is 0 Å². The molecule has 0 unspecified atom stereocenters. The smallest absolute Gasteiger partial charge is 0.127 e. The van der Waals surface area contributed by atoms with Crippen molar-refractivity contribution < 1.29 is 4.74 Å². The SMILES string of the molecule is C=C/C=C\C(=C/C)OC(/C=C\CC)=C/C=C. The molecule has 0 spiro atoms. The van der Waals surface area contributed by atoms with E-state index in [1.807, 2.05) is 43.4 Å². The molecule has 0 aromatic rings. The first-order valence-electron chi connectivity index (χ1n) is 5.41. The highest BCUT2D eigenvalue weighted by Crippen LogP contribution is 2.10. The van der Waals surface area contributed by atoms with Crippen LogP contribution in [0, 0.1) is 0 Å². The molecule has 0 radical (unpaired) electrons. The van der Waals surface area contributed by atoms with Gasteiger partial charge in [0.05, 0.1) is 0 Å². The molecule has 0 amide bonds. The molecule has 0 atom stereocenters. The molecule has 0 aliphatic carbocycles. The number of ether oxygens (including phenoxy) is 1. The van der Waals surface area contributed by atoms with Gasteiger partial charge in [-0.3, -0.25) is 0 Å². The highest BCUT2D eigenvalue weighted by Gasteiger charge is 1.94. The monoisotopic (exact) mass is 216 g/mol. The molecule has 0 saturated heterocycles. The van der Waals surface area contributed by atoms with Crippen molar-refractivity contribution in [1.82, 2.24) is 0 Å². The van der Waals surface area contributed by atoms with Crippen molar-refractivity contribution >= 4 is 0 Å². The molecular weight excluding hydrogens is 196 g/mol. The molecule has 0 rings (SSSR count). The molecule has 0 aliphatic heterocycles. The van der Waals surface area contributed by atoms with Crippen molar-refractivity contribution in [3.8, 4) is 0 Å². The van der Waals surface area contributed by atoms with Crippen LogP contribution >= 0.6 is 0 Å². The van der Waals surface area contributed by atoms with E-state index in [9.17, 15) is 0 Å². The van der Waals surface area contributed by atoms with E-state index < -0.39 is 0 Å². The molecule has 0 aromatic carbocycles. The van der Waals surface area contributed by atoms with Crippen molar-refractivity contribution in [3.63, 3.8) is 0 Å². The number of rotatable bonds is 7. The fourth-order valence-corrected chi connectivity index (χ4v) is 0.962. The Bertz CT molecular complexity index is 327. The fraction of sp³-hybridized carbons (Fsp3) is 0.200. The van der Waals surface area contributed by atoms with Crippen LogP contribution in [-0.4, -0.2) is 0 Å². The summed E-state index contributed by atoms with van der Waals surface area (Å²) in [6, 6.07) is 0. The average Bonchev–Trinajstić information content (AvgIpc) is 2.31. The van der Waals surface area contributed by atoms with Gasteiger partial charge in [-0.1, -0.05) is 44.4 Å². The Balaban J connectivity index is 4.66. The van der Waals surface area contributed by atoms with Crippen molar-refractivity contribution in [1.29, 1.82) is 0 Å². The first kappa shape index (κ1) is 14.2. The van der Waals surface area contributed by atoms with E-state index >= 15 is 0 Å². The molecule has 0 fully saturated rings. The third kappa shape index (κ3) is 6.66. The van der Waals surface area contributed by atoms with Crippen LogP contribution in [0.1, 0.15) is 20.3 Å². The van der Waals surface area contributed by atoms with Gasteiger partial charge in [0.15, 0.2) is 0 Å². The van der Waals surface area contributed by atoms with Gasteiger partial charge >= 0.3 is 0 Å². The molecular formula is C15H20O. The van der Waals surface area contributed by atoms with Crippen LogP contribution in [0.2, 0.25) is 0 Å². The van der Waals surface area contributed by atoms with E-state index in [-0.39, 0.29) is 0 Å². The van der Waals surface area contributed by atoms with Crippen LogP contribution in [0.4, 0.5) is 0 Å². The van der Waals surface area contributed by atoms with Crippen molar-refractivity contribution in [2.24, 2.45) is 0 Å². The summed E-state index contributed by atoms with van der Waals surface area (Å²) in [6.07, 6.45) is 15.8. The molecule has 0 saturated carbocycles. The van der Waals surface area contributed by atoms with Crippen molar-refractivity contribution in [2.45, 2.75) is 20.3 Å². The third-order valence-electron chi connectivity index (χ3n) is 1.72. The Morgan fingerprint density at radius 2 is 1.88 bits per heavy atom. The molecule has 0 heterocycles. The average molecular weight is 216 g/mol. The second-order valence-electron chi connectivity index (χ2n) is 3.00. The van der Waals surface area contributed by atoms with Crippen molar-refractivity contribution in [2.75, 3.05) is 0 Å². The van der Waals surface area contributed by atoms with Crippen LogP contribution in [0.25, 0.3) is 0 Å². The second kappa shape index (κ2) is 9.78. The highest BCUT2D eigenvalue weighted by molar-refractivity contribution is 5.23. The van der Waals surface area contributed by atoms with E-state index in [0.717, 1.165) is 17.9 Å². The summed E-state index contributed by atoms with van der Waals surface area (Å²) in [5.41, 5.74) is 0. The van der Waals surface area contributed by atoms with Gasteiger partial charge in [0.25, 0.3) is 0 Å². The lowest BCUT2D eigenvalue weighted by Crippen LogP contribution is -1.88. The van der Waals surface area contributed by atoms with E-state index in [1.165, 1.54) is 0 Å². The van der Waals surface area contributed by atoms with Gasteiger partial charge in [0.2, 0.25) is 0 Å². The maximum atomic E-state index is 5.67. The van der Waals surface area contributed by atoms with Gasteiger partial charge in [0.1, 0.15) is 11.5 Å². The first-order chi connectivity index (χ1) is 7.78. The zero-order valence-electron chi connectivity index (χ0n) is 10.1. The second-order valence-corrected chi connectivity index (χ2v) is 3.00.